The quantitative estimate of drug-likeness (QED) is 0.751. The topological polar surface area (TPSA) is 58.2 Å². The molecule has 22 heavy (non-hydrogen) atoms. The van der Waals surface area contributed by atoms with Crippen LogP contribution >= 0.6 is 39.1 Å². The van der Waals surface area contributed by atoms with Gasteiger partial charge >= 0.3 is 0 Å². The van der Waals surface area contributed by atoms with Gasteiger partial charge in [0.05, 0.1) is 5.92 Å². The Labute approximate surface area is 147 Å². The number of benzene rings is 1. The molecule has 0 aliphatic heterocycles. The molecule has 1 aliphatic carbocycles. The van der Waals surface area contributed by atoms with Crippen molar-refractivity contribution in [3.63, 3.8) is 0 Å². The molecule has 2 rings (SSSR count). The largest absolute Gasteiger partial charge is 0.273 e. The second-order valence-electron chi connectivity index (χ2n) is 5.73. The SMILES string of the molecule is CC1(C)C(C=C(Cl)Cl)C1C(=O)NNC(=O)c1ccc(Br)cc1. The highest BCUT2D eigenvalue weighted by molar-refractivity contribution is 9.10. The average Bonchev–Trinajstić information content (AvgIpc) is 2.96. The molecule has 2 atom stereocenters. The van der Waals surface area contributed by atoms with Crippen LogP contribution in [-0.2, 0) is 4.79 Å². The summed E-state index contributed by atoms with van der Waals surface area (Å²) in [7, 11) is 0. The van der Waals surface area contributed by atoms with E-state index in [1.165, 1.54) is 0 Å². The molecule has 0 aromatic heterocycles. The van der Waals surface area contributed by atoms with Crippen molar-refractivity contribution in [3.05, 3.63) is 44.9 Å². The van der Waals surface area contributed by atoms with Crippen LogP contribution in [0.25, 0.3) is 0 Å². The van der Waals surface area contributed by atoms with Crippen LogP contribution in [0.1, 0.15) is 24.2 Å². The minimum Gasteiger partial charge on any atom is -0.273 e. The summed E-state index contributed by atoms with van der Waals surface area (Å²) in [4.78, 5) is 24.1. The molecular weight excluding hydrogens is 391 g/mol. The first-order valence-corrected chi connectivity index (χ1v) is 8.17. The van der Waals surface area contributed by atoms with Gasteiger partial charge in [0, 0.05) is 10.0 Å². The van der Waals surface area contributed by atoms with Crippen LogP contribution in [0.15, 0.2) is 39.3 Å². The monoisotopic (exact) mass is 404 g/mol. The Morgan fingerprint density at radius 2 is 1.77 bits per heavy atom. The van der Waals surface area contributed by atoms with Gasteiger partial charge in [0.1, 0.15) is 4.49 Å². The van der Waals surface area contributed by atoms with Crippen LogP contribution in [0.2, 0.25) is 0 Å². The molecule has 2 unspecified atom stereocenters. The van der Waals surface area contributed by atoms with Gasteiger partial charge in [-0.25, -0.2) is 0 Å². The number of nitrogens with one attached hydrogen (secondary N) is 2. The molecule has 0 bridgehead atoms. The van der Waals surface area contributed by atoms with Crippen molar-refractivity contribution >= 4 is 50.9 Å². The Bertz CT molecular complexity index is 625. The molecular formula is C15H15BrCl2N2O2. The number of hydrogen-bond acceptors (Lipinski definition) is 2. The third kappa shape index (κ3) is 3.83. The van der Waals surface area contributed by atoms with E-state index < -0.39 is 0 Å². The van der Waals surface area contributed by atoms with Crippen molar-refractivity contribution in [1.82, 2.24) is 10.9 Å². The van der Waals surface area contributed by atoms with Gasteiger partial charge in [0.25, 0.3) is 5.91 Å². The molecule has 0 radical (unpaired) electrons. The molecule has 0 saturated heterocycles. The van der Waals surface area contributed by atoms with E-state index in [0.717, 1.165) is 4.47 Å². The smallest absolute Gasteiger partial charge is 0.269 e. The van der Waals surface area contributed by atoms with Crippen molar-refractivity contribution in [1.29, 1.82) is 0 Å². The molecule has 1 aromatic rings. The normalized spacial score (nSPS) is 21.7. The average molecular weight is 406 g/mol. The zero-order valence-corrected chi connectivity index (χ0v) is 15.1. The number of amides is 2. The summed E-state index contributed by atoms with van der Waals surface area (Å²) in [5.74, 6) is -0.944. The minimum absolute atomic E-state index is 0.0397. The van der Waals surface area contributed by atoms with Crippen molar-refractivity contribution in [2.45, 2.75) is 13.8 Å². The fraction of sp³-hybridized carbons (Fsp3) is 0.333. The molecule has 1 aliphatic rings. The van der Waals surface area contributed by atoms with Gasteiger partial charge in [0.2, 0.25) is 5.91 Å². The fourth-order valence-corrected chi connectivity index (χ4v) is 3.03. The van der Waals surface area contributed by atoms with Gasteiger partial charge in [-0.2, -0.15) is 0 Å². The second kappa shape index (κ2) is 6.60. The summed E-state index contributed by atoms with van der Waals surface area (Å²) >= 11 is 14.6. The van der Waals surface area contributed by atoms with Crippen LogP contribution in [0.3, 0.4) is 0 Å². The number of rotatable bonds is 3. The summed E-state index contributed by atoms with van der Waals surface area (Å²) in [6, 6.07) is 6.82. The molecule has 4 nitrogen and oxygen atoms in total. The van der Waals surface area contributed by atoms with Gasteiger partial charge in [-0.3, -0.25) is 20.4 Å². The van der Waals surface area contributed by atoms with Gasteiger partial charge < -0.3 is 0 Å². The van der Waals surface area contributed by atoms with E-state index in [1.807, 2.05) is 13.8 Å². The molecule has 1 saturated carbocycles. The standard InChI is InChI=1S/C15H15BrCl2N2O2/c1-15(2)10(7-11(17)18)12(15)14(22)20-19-13(21)8-3-5-9(16)6-4-8/h3-7,10,12H,1-2H3,(H,19,21)(H,20,22). The Morgan fingerprint density at radius 3 is 2.32 bits per heavy atom. The first-order chi connectivity index (χ1) is 10.2. The molecule has 2 amide bonds. The van der Waals surface area contributed by atoms with Gasteiger partial charge in [-0.05, 0) is 41.7 Å². The van der Waals surface area contributed by atoms with Crippen LogP contribution in [0.5, 0.6) is 0 Å². The highest BCUT2D eigenvalue weighted by atomic mass is 79.9. The predicted molar refractivity (Wildman–Crippen MR) is 90.3 cm³/mol. The third-order valence-corrected chi connectivity index (χ3v) is 4.68. The zero-order valence-electron chi connectivity index (χ0n) is 12.0. The van der Waals surface area contributed by atoms with E-state index in [0.29, 0.717) is 5.56 Å². The van der Waals surface area contributed by atoms with Gasteiger partial charge in [-0.15, -0.1) is 0 Å². The lowest BCUT2D eigenvalue weighted by Crippen LogP contribution is -2.43. The molecule has 1 fully saturated rings. The molecule has 0 spiro atoms. The molecule has 7 heteroatoms. The molecule has 118 valence electrons. The summed E-state index contributed by atoms with van der Waals surface area (Å²) in [6.07, 6.45) is 1.66. The van der Waals surface area contributed by atoms with Crippen LogP contribution < -0.4 is 10.9 Å². The summed E-state index contributed by atoms with van der Waals surface area (Å²) in [5, 5.41) is 0. The van der Waals surface area contributed by atoms with E-state index in [1.54, 1.807) is 30.3 Å². The van der Waals surface area contributed by atoms with Crippen molar-refractivity contribution < 1.29 is 9.59 Å². The summed E-state index contributed by atoms with van der Waals surface area (Å²) < 4.78 is 1.02. The Hall–Kier alpha value is -1.04. The number of carbonyl (C=O) groups excluding carboxylic acids is 2. The van der Waals surface area contributed by atoms with E-state index in [-0.39, 0.29) is 33.6 Å². The summed E-state index contributed by atoms with van der Waals surface area (Å²) in [5.41, 5.74) is 5.08. The zero-order chi connectivity index (χ0) is 16.5. The number of halogens is 3. The lowest BCUT2D eigenvalue weighted by molar-refractivity contribution is -0.123. The number of hydrazine groups is 1. The Morgan fingerprint density at radius 1 is 1.18 bits per heavy atom. The maximum absolute atomic E-state index is 12.2. The molecule has 1 aromatic carbocycles. The Balaban J connectivity index is 1.92. The lowest BCUT2D eigenvalue weighted by atomic mass is 10.1. The van der Waals surface area contributed by atoms with E-state index in [2.05, 4.69) is 26.8 Å². The first-order valence-electron chi connectivity index (χ1n) is 6.62. The van der Waals surface area contributed by atoms with Crippen LogP contribution in [0, 0.1) is 17.3 Å². The molecule has 0 heterocycles. The Kier molecular flexibility index (Phi) is 5.20. The van der Waals surface area contributed by atoms with Crippen molar-refractivity contribution in [2.24, 2.45) is 17.3 Å². The van der Waals surface area contributed by atoms with Crippen molar-refractivity contribution in [2.75, 3.05) is 0 Å². The maximum atomic E-state index is 12.2. The number of allylic oxidation sites excluding steroid dienone is 1. The lowest BCUT2D eigenvalue weighted by Gasteiger charge is -2.08. The van der Waals surface area contributed by atoms with E-state index >= 15 is 0 Å². The fourth-order valence-electron chi connectivity index (χ4n) is 2.49. The van der Waals surface area contributed by atoms with Gasteiger partial charge in [0.15, 0.2) is 0 Å². The highest BCUT2D eigenvalue weighted by Gasteiger charge is 2.60. The predicted octanol–water partition coefficient (Wildman–Crippen LogP) is 3.80. The van der Waals surface area contributed by atoms with Gasteiger partial charge in [-0.1, -0.05) is 53.0 Å². The second-order valence-corrected chi connectivity index (χ2v) is 7.65. The van der Waals surface area contributed by atoms with Crippen LogP contribution in [0.4, 0.5) is 0 Å². The minimum atomic E-state index is -0.373. The summed E-state index contributed by atoms with van der Waals surface area (Å²) in [6.45, 7) is 3.90. The van der Waals surface area contributed by atoms with Crippen LogP contribution in [-0.4, -0.2) is 11.8 Å². The van der Waals surface area contributed by atoms with E-state index in [4.69, 9.17) is 23.2 Å². The highest BCUT2D eigenvalue weighted by Crippen LogP contribution is 2.59. The first kappa shape index (κ1) is 17.3. The number of hydrogen-bond donors (Lipinski definition) is 2. The molecule has 2 N–H and O–H groups in total. The maximum Gasteiger partial charge on any atom is 0.269 e. The van der Waals surface area contributed by atoms with E-state index in [9.17, 15) is 9.59 Å². The third-order valence-electron chi connectivity index (χ3n) is 3.90. The number of carbonyl (C=O) groups is 2. The van der Waals surface area contributed by atoms with Crippen molar-refractivity contribution in [3.8, 4) is 0 Å².